The zero-order valence-electron chi connectivity index (χ0n) is 16.8. The molecule has 0 aliphatic heterocycles. The first-order chi connectivity index (χ1) is 16.1. The Morgan fingerprint density at radius 1 is 0.706 bits per heavy atom. The molecule has 34 heavy (non-hydrogen) atoms. The molecule has 2 heterocycles. The lowest BCUT2D eigenvalue weighted by Crippen LogP contribution is -2.21. The van der Waals surface area contributed by atoms with Gasteiger partial charge in [0.1, 0.15) is 47.0 Å². The summed E-state index contributed by atoms with van der Waals surface area (Å²) >= 11 is 11.6. The standard InChI is InChI=1S/C22H12Cl2O10/c23-13-5-9-3-11(21(29)33-17(9)7-15(13)25)19(27)31-1-2-32-20(28)12-4-10-6-14(24)16(26)8-18(10)34-22(12)30/h3-8,25-26H,1-2H2. The Balaban J connectivity index is 1.41. The highest BCUT2D eigenvalue weighted by Gasteiger charge is 2.19. The van der Waals surface area contributed by atoms with Gasteiger partial charge in [0.15, 0.2) is 0 Å². The second-order valence-electron chi connectivity index (χ2n) is 6.85. The molecule has 0 aliphatic carbocycles. The van der Waals surface area contributed by atoms with Crippen LogP contribution in [0.25, 0.3) is 21.9 Å². The molecule has 4 rings (SSSR count). The van der Waals surface area contributed by atoms with Gasteiger partial charge in [-0.15, -0.1) is 0 Å². The van der Waals surface area contributed by atoms with Crippen LogP contribution < -0.4 is 11.3 Å². The summed E-state index contributed by atoms with van der Waals surface area (Å²) in [7, 11) is 0. The van der Waals surface area contributed by atoms with Crippen molar-refractivity contribution in [3.05, 3.63) is 78.4 Å². The van der Waals surface area contributed by atoms with Crippen molar-refractivity contribution in [3.63, 3.8) is 0 Å². The van der Waals surface area contributed by atoms with E-state index in [4.69, 9.17) is 41.5 Å². The third-order valence-electron chi connectivity index (χ3n) is 4.59. The van der Waals surface area contributed by atoms with Gasteiger partial charge in [-0.1, -0.05) is 23.2 Å². The van der Waals surface area contributed by atoms with Crippen LogP contribution in [0.2, 0.25) is 10.0 Å². The molecule has 2 aromatic carbocycles. The quantitative estimate of drug-likeness (QED) is 0.233. The van der Waals surface area contributed by atoms with Gasteiger partial charge in [-0.2, -0.15) is 0 Å². The molecule has 0 amide bonds. The summed E-state index contributed by atoms with van der Waals surface area (Å²) < 4.78 is 19.8. The Kier molecular flexibility index (Phi) is 6.18. The topological polar surface area (TPSA) is 153 Å². The van der Waals surface area contributed by atoms with Crippen LogP contribution in [0, 0.1) is 0 Å². The molecular weight excluding hydrogens is 495 g/mol. The van der Waals surface area contributed by atoms with Gasteiger partial charge in [-0.3, -0.25) is 0 Å². The fourth-order valence-corrected chi connectivity index (χ4v) is 3.31. The first kappa shape index (κ1) is 23.1. The van der Waals surface area contributed by atoms with Crippen LogP contribution in [-0.4, -0.2) is 35.4 Å². The Morgan fingerprint density at radius 2 is 1.09 bits per heavy atom. The van der Waals surface area contributed by atoms with Gasteiger partial charge in [-0.25, -0.2) is 19.2 Å². The molecule has 10 nitrogen and oxygen atoms in total. The highest BCUT2D eigenvalue weighted by atomic mass is 35.5. The van der Waals surface area contributed by atoms with Gasteiger partial charge < -0.3 is 28.5 Å². The zero-order valence-corrected chi connectivity index (χ0v) is 18.3. The minimum absolute atomic E-state index is 0.00943. The lowest BCUT2D eigenvalue weighted by molar-refractivity contribution is 0.0260. The molecule has 0 saturated heterocycles. The molecule has 12 heteroatoms. The van der Waals surface area contributed by atoms with Crippen LogP contribution in [-0.2, 0) is 9.47 Å². The molecule has 2 N–H and O–H groups in total. The molecular formula is C22H12Cl2O10. The molecule has 174 valence electrons. The van der Waals surface area contributed by atoms with E-state index in [-0.39, 0.29) is 43.5 Å². The predicted octanol–water partition coefficient (Wildman–Crippen LogP) is 3.63. The normalized spacial score (nSPS) is 11.0. The van der Waals surface area contributed by atoms with Gasteiger partial charge in [0.2, 0.25) is 0 Å². The van der Waals surface area contributed by atoms with Crippen molar-refractivity contribution in [2.75, 3.05) is 13.2 Å². The van der Waals surface area contributed by atoms with E-state index >= 15 is 0 Å². The molecule has 0 spiro atoms. The maximum atomic E-state index is 12.2. The maximum Gasteiger partial charge on any atom is 0.351 e. The number of esters is 2. The van der Waals surface area contributed by atoms with Gasteiger partial charge >= 0.3 is 23.2 Å². The van der Waals surface area contributed by atoms with E-state index in [0.29, 0.717) is 0 Å². The van der Waals surface area contributed by atoms with Crippen LogP contribution in [0.5, 0.6) is 11.5 Å². The lowest BCUT2D eigenvalue weighted by atomic mass is 10.2. The first-order valence-corrected chi connectivity index (χ1v) is 10.2. The summed E-state index contributed by atoms with van der Waals surface area (Å²) in [5.41, 5.74) is -2.85. The smallest absolute Gasteiger partial charge is 0.351 e. The Labute approximate surface area is 198 Å². The highest BCUT2D eigenvalue weighted by molar-refractivity contribution is 6.33. The molecule has 0 unspecified atom stereocenters. The van der Waals surface area contributed by atoms with Gasteiger partial charge in [0.25, 0.3) is 0 Å². The van der Waals surface area contributed by atoms with Crippen LogP contribution >= 0.6 is 23.2 Å². The molecule has 0 saturated carbocycles. The van der Waals surface area contributed by atoms with Crippen molar-refractivity contribution >= 4 is 57.1 Å². The number of fused-ring (bicyclic) bond motifs is 2. The average Bonchev–Trinajstić information content (AvgIpc) is 2.78. The van der Waals surface area contributed by atoms with E-state index in [9.17, 15) is 29.4 Å². The van der Waals surface area contributed by atoms with Crippen molar-refractivity contribution in [1.82, 2.24) is 0 Å². The lowest BCUT2D eigenvalue weighted by Gasteiger charge is -2.07. The Morgan fingerprint density at radius 3 is 1.47 bits per heavy atom. The number of phenolic OH excluding ortho intramolecular Hbond substituents is 2. The molecule has 0 radical (unpaired) electrons. The maximum absolute atomic E-state index is 12.2. The van der Waals surface area contributed by atoms with Gasteiger partial charge in [0, 0.05) is 22.9 Å². The van der Waals surface area contributed by atoms with Gasteiger partial charge in [-0.05, 0) is 24.3 Å². The van der Waals surface area contributed by atoms with Crippen molar-refractivity contribution < 1.29 is 38.1 Å². The Hall–Kier alpha value is -4.02. The molecule has 0 atom stereocenters. The first-order valence-electron chi connectivity index (χ1n) is 9.41. The number of phenols is 2. The molecule has 0 bridgehead atoms. The average molecular weight is 507 g/mol. The number of halogens is 2. The van der Waals surface area contributed by atoms with E-state index in [1.807, 2.05) is 0 Å². The number of hydrogen-bond acceptors (Lipinski definition) is 10. The number of benzene rings is 2. The van der Waals surface area contributed by atoms with E-state index in [0.717, 1.165) is 12.1 Å². The minimum Gasteiger partial charge on any atom is -0.506 e. The summed E-state index contributed by atoms with van der Waals surface area (Å²) in [4.78, 5) is 48.6. The molecule has 4 aromatic rings. The predicted molar refractivity (Wildman–Crippen MR) is 119 cm³/mol. The number of carbonyl (C=O) groups is 2. The van der Waals surface area contributed by atoms with Crippen LogP contribution in [0.3, 0.4) is 0 Å². The SMILES string of the molecule is O=C(OCCOC(=O)c1cc2cc(Cl)c(O)cc2oc1=O)c1cc2cc(Cl)c(O)cc2oc1=O. The van der Waals surface area contributed by atoms with Crippen molar-refractivity contribution in [2.45, 2.75) is 0 Å². The van der Waals surface area contributed by atoms with E-state index in [1.54, 1.807) is 0 Å². The summed E-state index contributed by atoms with van der Waals surface area (Å²) in [5.74, 6) is -2.68. The fraction of sp³-hybridized carbons (Fsp3) is 0.0909. The van der Waals surface area contributed by atoms with Crippen molar-refractivity contribution in [3.8, 4) is 11.5 Å². The van der Waals surface area contributed by atoms with Gasteiger partial charge in [0.05, 0.1) is 10.0 Å². The van der Waals surface area contributed by atoms with Crippen molar-refractivity contribution in [2.24, 2.45) is 0 Å². The number of ether oxygens (including phenoxy) is 2. The molecule has 0 fully saturated rings. The largest absolute Gasteiger partial charge is 0.506 e. The third-order valence-corrected chi connectivity index (χ3v) is 5.20. The van der Waals surface area contributed by atoms with E-state index in [1.165, 1.54) is 24.3 Å². The summed E-state index contributed by atoms with van der Waals surface area (Å²) in [6, 6.07) is 7.24. The van der Waals surface area contributed by atoms with Crippen LogP contribution in [0.15, 0.2) is 54.8 Å². The van der Waals surface area contributed by atoms with Crippen LogP contribution in [0.1, 0.15) is 20.7 Å². The second kappa shape index (κ2) is 9.08. The number of hydrogen-bond donors (Lipinski definition) is 2. The van der Waals surface area contributed by atoms with Crippen LogP contribution in [0.4, 0.5) is 0 Å². The zero-order chi connectivity index (χ0) is 24.6. The number of aromatic hydroxyl groups is 2. The summed E-state index contributed by atoms with van der Waals surface area (Å²) in [6.07, 6.45) is 0. The summed E-state index contributed by atoms with van der Waals surface area (Å²) in [6.45, 7) is -0.867. The number of rotatable bonds is 5. The monoisotopic (exact) mass is 506 g/mol. The highest BCUT2D eigenvalue weighted by Crippen LogP contribution is 2.29. The molecule has 0 aliphatic rings. The minimum atomic E-state index is -1.05. The fourth-order valence-electron chi connectivity index (χ4n) is 2.97. The third kappa shape index (κ3) is 4.54. The number of carbonyl (C=O) groups excluding carboxylic acids is 2. The van der Waals surface area contributed by atoms with Crippen molar-refractivity contribution in [1.29, 1.82) is 0 Å². The van der Waals surface area contributed by atoms with E-state index < -0.39 is 47.5 Å². The summed E-state index contributed by atoms with van der Waals surface area (Å²) in [5, 5.41) is 19.7. The second-order valence-corrected chi connectivity index (χ2v) is 7.66. The Bertz CT molecular complexity index is 1470. The molecule has 2 aromatic heterocycles. The van der Waals surface area contributed by atoms with E-state index in [2.05, 4.69) is 0 Å².